The number of aliphatic hydroxyl groups excluding tert-OH is 2. The van der Waals surface area contributed by atoms with Gasteiger partial charge < -0.3 is 15.1 Å². The first-order valence-corrected chi connectivity index (χ1v) is 6.53. The summed E-state index contributed by atoms with van der Waals surface area (Å²) in [6.07, 6.45) is -0.686. The van der Waals surface area contributed by atoms with Crippen LogP contribution in [0.25, 0.3) is 0 Å². The Kier molecular flexibility index (Phi) is 7.52. The second kappa shape index (κ2) is 7.44. The van der Waals surface area contributed by atoms with E-state index in [4.69, 9.17) is 17.3 Å². The lowest BCUT2D eigenvalue weighted by atomic mass is 10.2. The van der Waals surface area contributed by atoms with Crippen LogP contribution in [0.3, 0.4) is 0 Å². The zero-order valence-corrected chi connectivity index (χ0v) is 11.4. The molecule has 1 unspecified atom stereocenters. The number of thiocarbonyl (C=S) groups is 1. The van der Waals surface area contributed by atoms with Crippen molar-refractivity contribution in [2.45, 2.75) is 45.9 Å². The highest BCUT2D eigenvalue weighted by Crippen LogP contribution is 2.16. The van der Waals surface area contributed by atoms with Crippen molar-refractivity contribution < 1.29 is 10.2 Å². The van der Waals surface area contributed by atoms with Gasteiger partial charge in [0.15, 0.2) is 0 Å². The summed E-state index contributed by atoms with van der Waals surface area (Å²) in [6.45, 7) is 8.16. The molecule has 90 valence electrons. The summed E-state index contributed by atoms with van der Waals surface area (Å²) in [5.74, 6) is 0.450. The van der Waals surface area contributed by atoms with Crippen LogP contribution in [0.4, 0.5) is 0 Å². The van der Waals surface area contributed by atoms with Gasteiger partial charge in [-0.25, -0.2) is 0 Å². The van der Waals surface area contributed by atoms with Crippen LogP contribution in [0.2, 0.25) is 0 Å². The average molecular weight is 251 g/mol. The topological polar surface area (TPSA) is 43.7 Å². The largest absolute Gasteiger partial charge is 0.394 e. The molecule has 0 amide bonds. The van der Waals surface area contributed by atoms with Crippen molar-refractivity contribution in [1.29, 1.82) is 0 Å². The third-order valence-electron chi connectivity index (χ3n) is 1.93. The number of hydrogen-bond acceptors (Lipinski definition) is 4. The summed E-state index contributed by atoms with van der Waals surface area (Å²) >= 11 is 6.71. The van der Waals surface area contributed by atoms with Crippen LogP contribution >= 0.6 is 24.0 Å². The SMILES string of the molecule is CC(C)N(C(=S)SCC(O)CO)C(C)C. The number of nitrogens with zero attached hydrogens (tertiary/aromatic N) is 1. The van der Waals surface area contributed by atoms with Gasteiger partial charge in [-0.2, -0.15) is 0 Å². The van der Waals surface area contributed by atoms with Crippen LogP contribution < -0.4 is 0 Å². The number of rotatable bonds is 5. The molecule has 15 heavy (non-hydrogen) atoms. The number of thioether (sulfide) groups is 1. The fraction of sp³-hybridized carbons (Fsp3) is 0.900. The van der Waals surface area contributed by atoms with E-state index in [1.54, 1.807) is 0 Å². The van der Waals surface area contributed by atoms with Crippen LogP contribution in [-0.4, -0.2) is 50.0 Å². The molecule has 0 rings (SSSR count). The first-order valence-electron chi connectivity index (χ1n) is 5.14. The summed E-state index contributed by atoms with van der Waals surface area (Å²) in [5, 5.41) is 17.9. The maximum Gasteiger partial charge on any atom is 0.136 e. The molecule has 1 atom stereocenters. The number of hydrogen-bond donors (Lipinski definition) is 2. The maximum atomic E-state index is 9.22. The number of aliphatic hydroxyl groups is 2. The van der Waals surface area contributed by atoms with Crippen molar-refractivity contribution in [2.75, 3.05) is 12.4 Å². The second-order valence-electron chi connectivity index (χ2n) is 4.01. The van der Waals surface area contributed by atoms with E-state index in [0.29, 0.717) is 17.8 Å². The van der Waals surface area contributed by atoms with Gasteiger partial charge in [0.25, 0.3) is 0 Å². The van der Waals surface area contributed by atoms with Gasteiger partial charge in [-0.3, -0.25) is 0 Å². The molecule has 0 fully saturated rings. The molecule has 3 nitrogen and oxygen atoms in total. The predicted octanol–water partition coefficient (Wildman–Crippen LogP) is 1.48. The second-order valence-corrected chi connectivity index (χ2v) is 5.66. The molecule has 0 aliphatic carbocycles. The third kappa shape index (κ3) is 5.70. The van der Waals surface area contributed by atoms with Crippen molar-refractivity contribution in [3.8, 4) is 0 Å². The predicted molar refractivity (Wildman–Crippen MR) is 70.3 cm³/mol. The Morgan fingerprint density at radius 1 is 1.27 bits per heavy atom. The summed E-state index contributed by atoms with van der Waals surface area (Å²) in [4.78, 5) is 2.13. The molecule has 0 spiro atoms. The van der Waals surface area contributed by atoms with E-state index in [1.165, 1.54) is 11.8 Å². The van der Waals surface area contributed by atoms with E-state index in [9.17, 15) is 5.11 Å². The third-order valence-corrected chi connectivity index (χ3v) is 3.51. The molecule has 0 aromatic rings. The molecule has 0 bridgehead atoms. The molecule has 0 saturated heterocycles. The highest BCUT2D eigenvalue weighted by molar-refractivity contribution is 8.22. The zero-order chi connectivity index (χ0) is 12.0. The summed E-state index contributed by atoms with van der Waals surface area (Å²) < 4.78 is 0.785. The first-order chi connectivity index (χ1) is 6.90. The lowest BCUT2D eigenvalue weighted by molar-refractivity contribution is 0.113. The molecular formula is C10H21NO2S2. The van der Waals surface area contributed by atoms with Crippen LogP contribution in [0.15, 0.2) is 0 Å². The average Bonchev–Trinajstić information content (AvgIpc) is 2.12. The fourth-order valence-electron chi connectivity index (χ4n) is 1.31. The van der Waals surface area contributed by atoms with Gasteiger partial charge in [-0.1, -0.05) is 24.0 Å². The maximum absolute atomic E-state index is 9.22. The van der Waals surface area contributed by atoms with Crippen LogP contribution in [-0.2, 0) is 0 Å². The smallest absolute Gasteiger partial charge is 0.136 e. The van der Waals surface area contributed by atoms with E-state index in [0.717, 1.165) is 4.32 Å². The molecule has 5 heteroatoms. The fourth-order valence-corrected chi connectivity index (χ4v) is 2.95. The van der Waals surface area contributed by atoms with Gasteiger partial charge >= 0.3 is 0 Å². The van der Waals surface area contributed by atoms with E-state index >= 15 is 0 Å². The molecule has 2 N–H and O–H groups in total. The highest BCUT2D eigenvalue weighted by atomic mass is 32.2. The Morgan fingerprint density at radius 3 is 2.07 bits per heavy atom. The van der Waals surface area contributed by atoms with E-state index < -0.39 is 6.10 Å². The lowest BCUT2D eigenvalue weighted by Gasteiger charge is -2.32. The molecule has 0 aromatic heterocycles. The summed E-state index contributed by atoms with van der Waals surface area (Å²) in [7, 11) is 0. The van der Waals surface area contributed by atoms with E-state index in [2.05, 4.69) is 32.6 Å². The minimum absolute atomic E-state index is 0.209. The minimum atomic E-state index is -0.686. The van der Waals surface area contributed by atoms with Crippen molar-refractivity contribution in [3.05, 3.63) is 0 Å². The molecular weight excluding hydrogens is 230 g/mol. The van der Waals surface area contributed by atoms with Crippen molar-refractivity contribution in [1.82, 2.24) is 4.90 Å². The molecule has 0 radical (unpaired) electrons. The Hall–Kier alpha value is 0.160. The van der Waals surface area contributed by atoms with Gasteiger partial charge in [0, 0.05) is 17.8 Å². The molecule has 0 aliphatic heterocycles. The van der Waals surface area contributed by atoms with Gasteiger partial charge in [0.2, 0.25) is 0 Å². The van der Waals surface area contributed by atoms with Crippen LogP contribution in [0.5, 0.6) is 0 Å². The van der Waals surface area contributed by atoms with Gasteiger partial charge in [0.05, 0.1) is 12.7 Å². The van der Waals surface area contributed by atoms with Gasteiger partial charge in [-0.15, -0.1) is 0 Å². The van der Waals surface area contributed by atoms with Crippen molar-refractivity contribution in [2.24, 2.45) is 0 Å². The molecule has 0 saturated carbocycles. The van der Waals surface area contributed by atoms with E-state index in [-0.39, 0.29) is 6.61 Å². The zero-order valence-electron chi connectivity index (χ0n) is 9.80. The molecule has 0 heterocycles. The Labute approximate surface area is 102 Å². The Bertz CT molecular complexity index is 190. The monoisotopic (exact) mass is 251 g/mol. The highest BCUT2D eigenvalue weighted by Gasteiger charge is 2.17. The standard InChI is InChI=1S/C10H21NO2S2/c1-7(2)11(8(3)4)10(14)15-6-9(13)5-12/h7-9,12-13H,5-6H2,1-4H3. The van der Waals surface area contributed by atoms with Crippen LogP contribution in [0, 0.1) is 0 Å². The van der Waals surface area contributed by atoms with Crippen LogP contribution in [0.1, 0.15) is 27.7 Å². The van der Waals surface area contributed by atoms with Crippen molar-refractivity contribution in [3.63, 3.8) is 0 Å². The first kappa shape index (κ1) is 15.2. The Morgan fingerprint density at radius 2 is 1.73 bits per heavy atom. The van der Waals surface area contributed by atoms with E-state index in [1.807, 2.05) is 0 Å². The minimum Gasteiger partial charge on any atom is -0.394 e. The van der Waals surface area contributed by atoms with Gasteiger partial charge in [0.1, 0.15) is 4.32 Å². The quantitative estimate of drug-likeness (QED) is 0.725. The lowest BCUT2D eigenvalue weighted by Crippen LogP contribution is -2.40. The molecule has 0 aliphatic rings. The normalized spacial score (nSPS) is 13.3. The Balaban J connectivity index is 4.16. The molecule has 0 aromatic carbocycles. The van der Waals surface area contributed by atoms with Crippen molar-refractivity contribution >= 4 is 28.3 Å². The summed E-state index contributed by atoms with van der Waals surface area (Å²) in [5.41, 5.74) is 0. The van der Waals surface area contributed by atoms with Gasteiger partial charge in [-0.05, 0) is 27.7 Å². The summed E-state index contributed by atoms with van der Waals surface area (Å²) in [6, 6.07) is 0.715.